The van der Waals surface area contributed by atoms with Crippen molar-refractivity contribution in [3.63, 3.8) is 0 Å². The van der Waals surface area contributed by atoms with Crippen molar-refractivity contribution in [1.82, 2.24) is 20.1 Å². The lowest BCUT2D eigenvalue weighted by atomic mass is 9.96. The van der Waals surface area contributed by atoms with E-state index >= 15 is 0 Å². The molecule has 0 saturated carbocycles. The molecule has 2 aromatic heterocycles. The first-order valence-electron chi connectivity index (χ1n) is 8.55. The summed E-state index contributed by atoms with van der Waals surface area (Å²) < 4.78 is 1.83. The molecule has 5 heteroatoms. The van der Waals surface area contributed by atoms with Crippen LogP contribution in [0, 0.1) is 0 Å². The van der Waals surface area contributed by atoms with E-state index in [2.05, 4.69) is 15.4 Å². The van der Waals surface area contributed by atoms with Crippen molar-refractivity contribution in [1.29, 1.82) is 0 Å². The summed E-state index contributed by atoms with van der Waals surface area (Å²) in [6, 6.07) is 17.6. The van der Waals surface area contributed by atoms with E-state index < -0.39 is 0 Å². The Morgan fingerprint density at radius 2 is 1.88 bits per heavy atom. The summed E-state index contributed by atoms with van der Waals surface area (Å²) in [5, 5.41) is 7.52. The lowest BCUT2D eigenvalue weighted by Crippen LogP contribution is -2.31. The monoisotopic (exact) mass is 334 g/mol. The summed E-state index contributed by atoms with van der Waals surface area (Å²) in [4.78, 5) is 16.7. The van der Waals surface area contributed by atoms with E-state index in [1.807, 2.05) is 72.4 Å². The molecule has 0 unspecified atom stereocenters. The van der Waals surface area contributed by atoms with Crippen molar-refractivity contribution >= 4 is 5.91 Å². The van der Waals surface area contributed by atoms with Gasteiger partial charge in [-0.25, -0.2) is 0 Å². The highest BCUT2D eigenvalue weighted by Gasteiger charge is 2.17. The normalized spacial score (nSPS) is 11.9. The number of carbonyl (C=O) groups excluding carboxylic acids is 1. The summed E-state index contributed by atoms with van der Waals surface area (Å²) in [5.41, 5.74) is 2.74. The van der Waals surface area contributed by atoms with E-state index in [9.17, 15) is 4.79 Å². The summed E-state index contributed by atoms with van der Waals surface area (Å²) in [7, 11) is 0. The number of hydrogen-bond acceptors (Lipinski definition) is 3. The fraction of sp³-hybridized carbons (Fsp3) is 0.250. The van der Waals surface area contributed by atoms with Gasteiger partial charge in [0, 0.05) is 18.9 Å². The molecule has 1 N–H and O–H groups in total. The molecule has 0 fully saturated rings. The highest BCUT2D eigenvalue weighted by atomic mass is 16.1. The highest BCUT2D eigenvalue weighted by Crippen LogP contribution is 2.19. The van der Waals surface area contributed by atoms with Gasteiger partial charge in [0.15, 0.2) is 0 Å². The Morgan fingerprint density at radius 1 is 1.08 bits per heavy atom. The highest BCUT2D eigenvalue weighted by molar-refractivity contribution is 5.83. The lowest BCUT2D eigenvalue weighted by Gasteiger charge is -2.15. The fourth-order valence-electron chi connectivity index (χ4n) is 2.81. The van der Waals surface area contributed by atoms with Crippen molar-refractivity contribution in [2.45, 2.75) is 25.8 Å². The molecule has 0 radical (unpaired) electrons. The summed E-state index contributed by atoms with van der Waals surface area (Å²) >= 11 is 0. The van der Waals surface area contributed by atoms with E-state index in [1.165, 1.54) is 0 Å². The minimum atomic E-state index is -0.108. The van der Waals surface area contributed by atoms with Gasteiger partial charge >= 0.3 is 0 Å². The first kappa shape index (κ1) is 16.9. The van der Waals surface area contributed by atoms with Gasteiger partial charge in [-0.1, -0.05) is 43.3 Å². The van der Waals surface area contributed by atoms with E-state index in [-0.39, 0.29) is 11.8 Å². The van der Waals surface area contributed by atoms with Crippen molar-refractivity contribution in [2.24, 2.45) is 0 Å². The molecule has 0 saturated heterocycles. The molecule has 0 aliphatic carbocycles. The molecule has 1 amide bonds. The third kappa shape index (κ3) is 4.32. The Kier molecular flexibility index (Phi) is 5.57. The molecule has 1 aromatic carbocycles. The van der Waals surface area contributed by atoms with Gasteiger partial charge in [0.25, 0.3) is 0 Å². The van der Waals surface area contributed by atoms with E-state index in [4.69, 9.17) is 0 Å². The maximum Gasteiger partial charge on any atom is 0.227 e. The Balaban J connectivity index is 1.54. The molecule has 25 heavy (non-hydrogen) atoms. The van der Waals surface area contributed by atoms with Crippen LogP contribution in [0.4, 0.5) is 0 Å². The average Bonchev–Trinajstić information content (AvgIpc) is 3.13. The van der Waals surface area contributed by atoms with Crippen LogP contribution in [-0.4, -0.2) is 27.2 Å². The lowest BCUT2D eigenvalue weighted by molar-refractivity contribution is -0.122. The number of amides is 1. The molecule has 0 spiro atoms. The number of carbonyl (C=O) groups is 1. The quantitative estimate of drug-likeness (QED) is 0.721. The number of pyridine rings is 1. The molecule has 0 aliphatic rings. The van der Waals surface area contributed by atoms with Gasteiger partial charge in [0.05, 0.1) is 18.2 Å². The van der Waals surface area contributed by atoms with Crippen LogP contribution in [0.25, 0.3) is 11.4 Å². The molecular weight excluding hydrogens is 312 g/mol. The second kappa shape index (κ2) is 8.24. The fourth-order valence-corrected chi connectivity index (χ4v) is 2.81. The Morgan fingerprint density at radius 3 is 2.60 bits per heavy atom. The van der Waals surface area contributed by atoms with Gasteiger partial charge in [-0.15, -0.1) is 0 Å². The summed E-state index contributed by atoms with van der Waals surface area (Å²) in [6.45, 7) is 3.21. The van der Waals surface area contributed by atoms with Gasteiger partial charge in [-0.05, 0) is 30.2 Å². The minimum absolute atomic E-state index is 0.0609. The zero-order valence-electron chi connectivity index (χ0n) is 14.3. The third-order valence-corrected chi connectivity index (χ3v) is 4.13. The van der Waals surface area contributed by atoms with Gasteiger partial charge in [0.2, 0.25) is 5.91 Å². The molecule has 2 heterocycles. The second-order valence-electron chi connectivity index (χ2n) is 5.84. The van der Waals surface area contributed by atoms with Crippen LogP contribution in [0.5, 0.6) is 0 Å². The van der Waals surface area contributed by atoms with Crippen LogP contribution in [0.15, 0.2) is 67.0 Å². The largest absolute Gasteiger partial charge is 0.354 e. The van der Waals surface area contributed by atoms with Crippen LogP contribution in [-0.2, 0) is 11.3 Å². The number of nitrogens with one attached hydrogen (secondary N) is 1. The van der Waals surface area contributed by atoms with Gasteiger partial charge in [-0.3, -0.25) is 14.5 Å². The van der Waals surface area contributed by atoms with Gasteiger partial charge in [0.1, 0.15) is 5.69 Å². The number of benzene rings is 1. The second-order valence-corrected chi connectivity index (χ2v) is 5.84. The van der Waals surface area contributed by atoms with Crippen LogP contribution in [0.1, 0.15) is 24.8 Å². The SMILES string of the molecule is CC[C@H](C(=O)NCCn1ccc(-c2ccccn2)n1)c1ccccc1. The number of rotatable bonds is 7. The zero-order chi connectivity index (χ0) is 17.5. The van der Waals surface area contributed by atoms with Crippen molar-refractivity contribution in [3.8, 4) is 11.4 Å². The molecule has 128 valence electrons. The van der Waals surface area contributed by atoms with Crippen LogP contribution >= 0.6 is 0 Å². The predicted octanol–water partition coefficient (Wildman–Crippen LogP) is 3.26. The van der Waals surface area contributed by atoms with E-state index in [0.717, 1.165) is 23.4 Å². The molecule has 3 rings (SSSR count). The molecular formula is C20H22N4O. The predicted molar refractivity (Wildman–Crippen MR) is 97.9 cm³/mol. The summed E-state index contributed by atoms with van der Waals surface area (Å²) in [6.07, 6.45) is 4.44. The molecule has 5 nitrogen and oxygen atoms in total. The average molecular weight is 334 g/mol. The first-order chi connectivity index (χ1) is 12.3. The van der Waals surface area contributed by atoms with Crippen LogP contribution in [0.3, 0.4) is 0 Å². The molecule has 0 aliphatic heterocycles. The first-order valence-corrected chi connectivity index (χ1v) is 8.55. The number of hydrogen-bond donors (Lipinski definition) is 1. The molecule has 0 bridgehead atoms. The van der Waals surface area contributed by atoms with Crippen LogP contribution in [0.2, 0.25) is 0 Å². The standard InChI is InChI=1S/C20H22N4O/c1-2-17(16-8-4-3-5-9-16)20(25)22-13-15-24-14-11-19(23-24)18-10-6-7-12-21-18/h3-12,14,17H,2,13,15H2,1H3,(H,22,25)/t17-/m0/s1. The maximum atomic E-state index is 12.4. The Hall–Kier alpha value is -2.95. The maximum absolute atomic E-state index is 12.4. The number of nitrogens with zero attached hydrogens (tertiary/aromatic N) is 3. The Bertz CT molecular complexity index is 799. The smallest absolute Gasteiger partial charge is 0.227 e. The minimum Gasteiger partial charge on any atom is -0.354 e. The molecule has 1 atom stereocenters. The number of aromatic nitrogens is 3. The van der Waals surface area contributed by atoms with Gasteiger partial charge < -0.3 is 5.32 Å². The molecule has 3 aromatic rings. The van der Waals surface area contributed by atoms with Crippen molar-refractivity contribution in [2.75, 3.05) is 6.54 Å². The zero-order valence-corrected chi connectivity index (χ0v) is 14.3. The van der Waals surface area contributed by atoms with Crippen LogP contribution < -0.4 is 5.32 Å². The van der Waals surface area contributed by atoms with Crippen molar-refractivity contribution < 1.29 is 4.79 Å². The van der Waals surface area contributed by atoms with Gasteiger partial charge in [-0.2, -0.15) is 5.10 Å². The van der Waals surface area contributed by atoms with E-state index in [0.29, 0.717) is 13.1 Å². The van der Waals surface area contributed by atoms with Crippen molar-refractivity contribution in [3.05, 3.63) is 72.6 Å². The van der Waals surface area contributed by atoms with E-state index in [1.54, 1.807) is 6.20 Å². The Labute approximate surface area is 147 Å². The third-order valence-electron chi connectivity index (χ3n) is 4.13. The topological polar surface area (TPSA) is 59.8 Å². The summed E-state index contributed by atoms with van der Waals surface area (Å²) in [5.74, 6) is -0.0475.